The number of aryl methyl sites for hydroxylation is 1. The van der Waals surface area contributed by atoms with Crippen LogP contribution in [0.5, 0.6) is 0 Å². The van der Waals surface area contributed by atoms with Crippen molar-refractivity contribution in [2.75, 3.05) is 0 Å². The standard InChI is InChI=1S/C16H18N2O3/c1-3-4-10-12-17-14(11-8-6-5-7-9-11)13(16(20)21)15(19)18(12)2/h5-9H,3-4,10H2,1-2H3,(H,20,21). The van der Waals surface area contributed by atoms with Crippen LogP contribution in [-0.2, 0) is 13.5 Å². The van der Waals surface area contributed by atoms with Crippen LogP contribution >= 0.6 is 0 Å². The quantitative estimate of drug-likeness (QED) is 0.916. The molecule has 5 heteroatoms. The molecule has 1 aromatic heterocycles. The molecule has 0 aliphatic heterocycles. The summed E-state index contributed by atoms with van der Waals surface area (Å²) in [6, 6.07) is 8.95. The Balaban J connectivity index is 2.69. The molecule has 0 bridgehead atoms. The van der Waals surface area contributed by atoms with E-state index in [1.807, 2.05) is 6.07 Å². The fourth-order valence-corrected chi connectivity index (χ4v) is 2.20. The lowest BCUT2D eigenvalue weighted by Gasteiger charge is -2.12. The Morgan fingerprint density at radius 2 is 1.95 bits per heavy atom. The number of carboxylic acids is 1. The van der Waals surface area contributed by atoms with Crippen LogP contribution < -0.4 is 5.56 Å². The maximum Gasteiger partial charge on any atom is 0.343 e. The Morgan fingerprint density at radius 3 is 2.52 bits per heavy atom. The van der Waals surface area contributed by atoms with Crippen molar-refractivity contribution in [2.45, 2.75) is 26.2 Å². The molecule has 0 spiro atoms. The van der Waals surface area contributed by atoms with Crippen LogP contribution in [0, 0.1) is 0 Å². The first-order valence-corrected chi connectivity index (χ1v) is 6.94. The fraction of sp³-hybridized carbons (Fsp3) is 0.312. The van der Waals surface area contributed by atoms with Gasteiger partial charge in [-0.3, -0.25) is 9.36 Å². The zero-order chi connectivity index (χ0) is 15.4. The number of nitrogens with zero attached hydrogens (tertiary/aromatic N) is 2. The van der Waals surface area contributed by atoms with Gasteiger partial charge in [-0.2, -0.15) is 0 Å². The van der Waals surface area contributed by atoms with Gasteiger partial charge in [0.1, 0.15) is 5.82 Å². The predicted molar refractivity (Wildman–Crippen MR) is 80.5 cm³/mol. The summed E-state index contributed by atoms with van der Waals surface area (Å²) >= 11 is 0. The number of aromatic nitrogens is 2. The van der Waals surface area contributed by atoms with E-state index in [0.29, 0.717) is 17.8 Å². The van der Waals surface area contributed by atoms with Gasteiger partial charge >= 0.3 is 5.97 Å². The maximum atomic E-state index is 12.3. The Hall–Kier alpha value is -2.43. The lowest BCUT2D eigenvalue weighted by atomic mass is 10.1. The van der Waals surface area contributed by atoms with E-state index in [1.165, 1.54) is 4.57 Å². The lowest BCUT2D eigenvalue weighted by Crippen LogP contribution is -2.29. The van der Waals surface area contributed by atoms with E-state index in [9.17, 15) is 14.7 Å². The van der Waals surface area contributed by atoms with Crippen LogP contribution in [0.15, 0.2) is 35.1 Å². The van der Waals surface area contributed by atoms with E-state index in [-0.39, 0.29) is 11.3 Å². The second-order valence-corrected chi connectivity index (χ2v) is 4.89. The summed E-state index contributed by atoms with van der Waals surface area (Å²) < 4.78 is 1.34. The van der Waals surface area contributed by atoms with Gasteiger partial charge in [0.2, 0.25) is 0 Å². The molecule has 0 saturated heterocycles. The molecule has 0 aliphatic carbocycles. The van der Waals surface area contributed by atoms with Gasteiger partial charge in [0.05, 0.1) is 5.69 Å². The molecule has 0 radical (unpaired) electrons. The molecule has 110 valence electrons. The van der Waals surface area contributed by atoms with Gasteiger partial charge in [-0.15, -0.1) is 0 Å². The van der Waals surface area contributed by atoms with Crippen molar-refractivity contribution in [1.82, 2.24) is 9.55 Å². The average molecular weight is 286 g/mol. The van der Waals surface area contributed by atoms with Crippen molar-refractivity contribution in [3.8, 4) is 11.3 Å². The number of aromatic carboxylic acids is 1. The second-order valence-electron chi connectivity index (χ2n) is 4.89. The zero-order valence-electron chi connectivity index (χ0n) is 12.2. The molecular formula is C16H18N2O3. The normalized spacial score (nSPS) is 10.6. The number of hydrogen-bond acceptors (Lipinski definition) is 3. The highest BCUT2D eigenvalue weighted by Crippen LogP contribution is 2.20. The molecule has 0 amide bonds. The van der Waals surface area contributed by atoms with Gasteiger partial charge in [0, 0.05) is 19.0 Å². The van der Waals surface area contributed by atoms with Crippen LogP contribution in [-0.4, -0.2) is 20.6 Å². The largest absolute Gasteiger partial charge is 0.477 e. The van der Waals surface area contributed by atoms with E-state index in [0.717, 1.165) is 12.8 Å². The van der Waals surface area contributed by atoms with Gasteiger partial charge in [0.25, 0.3) is 5.56 Å². The van der Waals surface area contributed by atoms with Crippen LogP contribution in [0.25, 0.3) is 11.3 Å². The van der Waals surface area contributed by atoms with Crippen LogP contribution in [0.1, 0.15) is 35.9 Å². The van der Waals surface area contributed by atoms with Gasteiger partial charge in [-0.25, -0.2) is 9.78 Å². The molecule has 2 rings (SSSR count). The number of carboxylic acid groups (broad SMARTS) is 1. The zero-order valence-corrected chi connectivity index (χ0v) is 12.2. The molecule has 1 N–H and O–H groups in total. The monoisotopic (exact) mass is 286 g/mol. The first-order valence-electron chi connectivity index (χ1n) is 6.94. The third-order valence-corrected chi connectivity index (χ3v) is 3.40. The van der Waals surface area contributed by atoms with Crippen molar-refractivity contribution >= 4 is 5.97 Å². The highest BCUT2D eigenvalue weighted by atomic mass is 16.4. The van der Waals surface area contributed by atoms with Crippen molar-refractivity contribution in [3.63, 3.8) is 0 Å². The van der Waals surface area contributed by atoms with E-state index >= 15 is 0 Å². The molecule has 0 fully saturated rings. The highest BCUT2D eigenvalue weighted by Gasteiger charge is 2.21. The van der Waals surface area contributed by atoms with Crippen molar-refractivity contribution < 1.29 is 9.90 Å². The Labute approximate surface area is 122 Å². The minimum atomic E-state index is -1.25. The molecule has 0 aliphatic rings. The Bertz CT molecular complexity index is 705. The summed E-state index contributed by atoms with van der Waals surface area (Å²) in [7, 11) is 1.57. The summed E-state index contributed by atoms with van der Waals surface area (Å²) in [5, 5.41) is 9.35. The predicted octanol–water partition coefficient (Wildman–Crippen LogP) is 2.49. The molecule has 21 heavy (non-hydrogen) atoms. The summed E-state index contributed by atoms with van der Waals surface area (Å²) in [4.78, 5) is 28.2. The number of carbonyl (C=O) groups is 1. The van der Waals surface area contributed by atoms with Gasteiger partial charge < -0.3 is 5.11 Å². The highest BCUT2D eigenvalue weighted by molar-refractivity contribution is 5.94. The van der Waals surface area contributed by atoms with E-state index in [2.05, 4.69) is 11.9 Å². The van der Waals surface area contributed by atoms with E-state index in [4.69, 9.17) is 0 Å². The third kappa shape index (κ3) is 3.02. The van der Waals surface area contributed by atoms with Crippen molar-refractivity contribution in [3.05, 3.63) is 52.1 Å². The van der Waals surface area contributed by atoms with Gasteiger partial charge in [-0.05, 0) is 6.42 Å². The van der Waals surface area contributed by atoms with Gasteiger partial charge in [0.15, 0.2) is 5.56 Å². The molecule has 5 nitrogen and oxygen atoms in total. The number of benzene rings is 1. The average Bonchev–Trinajstić information content (AvgIpc) is 2.49. The van der Waals surface area contributed by atoms with E-state index in [1.54, 1.807) is 31.3 Å². The molecule has 0 saturated carbocycles. The minimum absolute atomic E-state index is 0.248. The van der Waals surface area contributed by atoms with Gasteiger partial charge in [-0.1, -0.05) is 43.7 Å². The molecule has 0 unspecified atom stereocenters. The molecule has 0 atom stereocenters. The maximum absolute atomic E-state index is 12.3. The molecule has 1 heterocycles. The van der Waals surface area contributed by atoms with Crippen molar-refractivity contribution in [2.24, 2.45) is 7.05 Å². The number of unbranched alkanes of at least 4 members (excludes halogenated alkanes) is 1. The van der Waals surface area contributed by atoms with Crippen LogP contribution in [0.2, 0.25) is 0 Å². The van der Waals surface area contributed by atoms with Crippen LogP contribution in [0.4, 0.5) is 0 Å². The summed E-state index contributed by atoms with van der Waals surface area (Å²) in [5.74, 6) is -0.630. The minimum Gasteiger partial charge on any atom is -0.477 e. The first kappa shape index (κ1) is 15.0. The molecule has 1 aromatic carbocycles. The summed E-state index contributed by atoms with van der Waals surface area (Å²) in [6.07, 6.45) is 2.54. The SMILES string of the molecule is CCCCc1nc(-c2ccccc2)c(C(=O)O)c(=O)n1C. The topological polar surface area (TPSA) is 72.2 Å². The smallest absolute Gasteiger partial charge is 0.343 e. The fourth-order valence-electron chi connectivity index (χ4n) is 2.20. The summed E-state index contributed by atoms with van der Waals surface area (Å²) in [6.45, 7) is 2.06. The number of hydrogen-bond donors (Lipinski definition) is 1. The molecule has 2 aromatic rings. The van der Waals surface area contributed by atoms with E-state index < -0.39 is 11.5 Å². The number of rotatable bonds is 5. The van der Waals surface area contributed by atoms with Crippen molar-refractivity contribution in [1.29, 1.82) is 0 Å². The molecular weight excluding hydrogens is 268 g/mol. The Morgan fingerprint density at radius 1 is 1.29 bits per heavy atom. The second kappa shape index (κ2) is 6.35. The first-order chi connectivity index (χ1) is 10.1. The third-order valence-electron chi connectivity index (χ3n) is 3.40. The lowest BCUT2D eigenvalue weighted by molar-refractivity contribution is 0.0694. The van der Waals surface area contributed by atoms with Crippen LogP contribution in [0.3, 0.4) is 0 Å². The summed E-state index contributed by atoms with van der Waals surface area (Å²) in [5.41, 5.74) is 0.106. The Kier molecular flexibility index (Phi) is 4.52.